The number of hydrogen-bond donors (Lipinski definition) is 3. The molecule has 1 atom stereocenters. The van der Waals surface area contributed by atoms with Crippen LogP contribution >= 0.6 is 0 Å². The minimum Gasteiger partial charge on any atom is -0.482 e. The quantitative estimate of drug-likeness (QED) is 0.267. The summed E-state index contributed by atoms with van der Waals surface area (Å²) in [5.41, 5.74) is 9.73. The molecule has 4 N–H and O–H groups in total. The lowest BCUT2D eigenvalue weighted by atomic mass is 9.90. The predicted molar refractivity (Wildman–Crippen MR) is 108 cm³/mol. The van der Waals surface area contributed by atoms with Gasteiger partial charge in [0.05, 0.1) is 5.56 Å². The molecule has 1 aliphatic heterocycles. The third-order valence-corrected chi connectivity index (χ3v) is 4.91. The number of allylic oxidation sites excluding steroid dienone is 2. The normalized spacial score (nSPS) is 18.6. The van der Waals surface area contributed by atoms with Crippen molar-refractivity contribution in [1.82, 2.24) is 0 Å². The largest absolute Gasteiger partial charge is 0.482 e. The molecule has 1 unspecified atom stereocenters. The van der Waals surface area contributed by atoms with Crippen molar-refractivity contribution in [2.24, 2.45) is 0 Å². The van der Waals surface area contributed by atoms with Gasteiger partial charge in [-0.1, -0.05) is 31.4 Å². The van der Waals surface area contributed by atoms with Gasteiger partial charge in [-0.2, -0.15) is 0 Å². The van der Waals surface area contributed by atoms with Crippen molar-refractivity contribution in [2.75, 3.05) is 5.73 Å². The van der Waals surface area contributed by atoms with Gasteiger partial charge in [-0.3, -0.25) is 0 Å². The molecule has 0 aromatic heterocycles. The van der Waals surface area contributed by atoms with E-state index in [4.69, 9.17) is 10.5 Å². The number of benzene rings is 1. The smallest absolute Gasteiger partial charge is 0.182 e. The monoisotopic (exact) mass is 359 g/mol. The van der Waals surface area contributed by atoms with E-state index in [9.17, 15) is 10.2 Å². The molecule has 4 nitrogen and oxygen atoms in total. The predicted octanol–water partition coefficient (Wildman–Crippen LogP) is 4.90. The number of fused-ring (bicyclic) bond motifs is 1. The summed E-state index contributed by atoms with van der Waals surface area (Å²) in [7, 11) is 0. The number of ether oxygens (including phenoxy) is 1. The second-order valence-electron chi connectivity index (χ2n) is 7.68. The van der Waals surface area contributed by atoms with Crippen LogP contribution < -0.4 is 10.5 Å². The Labute approximate surface area is 157 Å². The molecule has 1 heterocycles. The van der Waals surface area contributed by atoms with Crippen LogP contribution in [-0.4, -0.2) is 15.8 Å². The zero-order valence-electron chi connectivity index (χ0n) is 16.5. The van der Waals surface area contributed by atoms with E-state index in [-0.39, 0.29) is 0 Å². The molecule has 4 heteroatoms. The third kappa shape index (κ3) is 4.89. The summed E-state index contributed by atoms with van der Waals surface area (Å²) < 4.78 is 6.31. The highest BCUT2D eigenvalue weighted by atomic mass is 16.5. The van der Waals surface area contributed by atoms with Crippen molar-refractivity contribution in [1.29, 1.82) is 0 Å². The molecule has 1 aromatic carbocycles. The van der Waals surface area contributed by atoms with E-state index in [0.29, 0.717) is 17.0 Å². The summed E-state index contributed by atoms with van der Waals surface area (Å²) in [4.78, 5) is 0. The maximum absolute atomic E-state index is 10.0. The van der Waals surface area contributed by atoms with Crippen molar-refractivity contribution in [3.05, 3.63) is 40.5 Å². The molecular formula is C22H33NO3. The average Bonchev–Trinajstić information content (AvgIpc) is 2.54. The summed E-state index contributed by atoms with van der Waals surface area (Å²) in [5.74, 6) is 0.522. The lowest BCUT2D eigenvalue weighted by Gasteiger charge is -2.34. The fourth-order valence-corrected chi connectivity index (χ4v) is 3.41. The number of hydrogen-bond acceptors (Lipinski definition) is 4. The first-order chi connectivity index (χ1) is 12.3. The van der Waals surface area contributed by atoms with Gasteiger partial charge < -0.3 is 20.7 Å². The highest BCUT2D eigenvalue weighted by Crippen LogP contribution is 2.43. The van der Waals surface area contributed by atoms with Crippen LogP contribution in [-0.2, 0) is 6.42 Å². The Morgan fingerprint density at radius 2 is 2.04 bits per heavy atom. The molecule has 144 valence electrons. The number of aliphatic hydroxyl groups is 2. The van der Waals surface area contributed by atoms with Gasteiger partial charge in [0.2, 0.25) is 0 Å². The van der Waals surface area contributed by atoms with Crippen LogP contribution in [0.1, 0.15) is 82.8 Å². The van der Waals surface area contributed by atoms with E-state index in [1.807, 2.05) is 25.1 Å². The molecule has 1 aromatic rings. The van der Waals surface area contributed by atoms with Crippen molar-refractivity contribution in [2.45, 2.75) is 78.1 Å². The molecule has 0 saturated carbocycles. The van der Waals surface area contributed by atoms with E-state index in [2.05, 4.69) is 26.8 Å². The molecule has 0 spiro atoms. The van der Waals surface area contributed by atoms with Gasteiger partial charge in [-0.05, 0) is 70.2 Å². The number of nitrogen functional groups attached to an aromatic ring is 1. The SMILES string of the molecule is CCCCCc1cc(N)c2c(c1C(O)O)OC(C)(CCC=C(C)C)C=C2. The van der Waals surface area contributed by atoms with Crippen molar-refractivity contribution in [3.8, 4) is 5.75 Å². The molecule has 0 saturated heterocycles. The summed E-state index contributed by atoms with van der Waals surface area (Å²) in [6.45, 7) is 8.34. The fraction of sp³-hybridized carbons (Fsp3) is 0.545. The van der Waals surface area contributed by atoms with E-state index < -0.39 is 11.9 Å². The maximum atomic E-state index is 10.0. The second kappa shape index (κ2) is 8.74. The number of aliphatic hydroxyl groups excluding tert-OH is 1. The lowest BCUT2D eigenvalue weighted by molar-refractivity contribution is -0.0463. The van der Waals surface area contributed by atoms with E-state index in [1.54, 1.807) is 0 Å². The van der Waals surface area contributed by atoms with Crippen LogP contribution in [0.5, 0.6) is 5.75 Å². The number of anilines is 1. The van der Waals surface area contributed by atoms with Crippen LogP contribution in [0.15, 0.2) is 23.8 Å². The number of nitrogens with two attached hydrogens (primary N) is 1. The third-order valence-electron chi connectivity index (χ3n) is 4.91. The highest BCUT2D eigenvalue weighted by Gasteiger charge is 2.32. The Bertz CT molecular complexity index is 687. The molecule has 0 radical (unpaired) electrons. The first kappa shape index (κ1) is 20.5. The van der Waals surface area contributed by atoms with Gasteiger partial charge >= 0.3 is 0 Å². The summed E-state index contributed by atoms with van der Waals surface area (Å²) in [5, 5.41) is 20.1. The van der Waals surface area contributed by atoms with E-state index >= 15 is 0 Å². The molecule has 0 bridgehead atoms. The van der Waals surface area contributed by atoms with Gasteiger partial charge in [0.1, 0.15) is 11.4 Å². The Morgan fingerprint density at radius 3 is 2.65 bits per heavy atom. The Hall–Kier alpha value is -1.78. The average molecular weight is 360 g/mol. The second-order valence-corrected chi connectivity index (χ2v) is 7.68. The van der Waals surface area contributed by atoms with Gasteiger partial charge in [0.15, 0.2) is 6.29 Å². The summed E-state index contributed by atoms with van der Waals surface area (Å²) >= 11 is 0. The van der Waals surface area contributed by atoms with Crippen LogP contribution in [0, 0.1) is 0 Å². The molecule has 1 aliphatic rings. The van der Waals surface area contributed by atoms with Crippen LogP contribution in [0.25, 0.3) is 6.08 Å². The Balaban J connectivity index is 2.37. The molecule has 2 rings (SSSR count). The van der Waals surface area contributed by atoms with Crippen molar-refractivity contribution in [3.63, 3.8) is 0 Å². The number of aryl methyl sites for hydroxylation is 1. The molecule has 0 amide bonds. The van der Waals surface area contributed by atoms with Gasteiger partial charge in [-0.15, -0.1) is 0 Å². The lowest BCUT2D eigenvalue weighted by Crippen LogP contribution is -2.33. The van der Waals surface area contributed by atoms with Gasteiger partial charge in [-0.25, -0.2) is 0 Å². The molecule has 0 fully saturated rings. The van der Waals surface area contributed by atoms with E-state index in [0.717, 1.165) is 49.7 Å². The minimum absolute atomic E-state index is 0.461. The number of rotatable bonds is 8. The standard InChI is InChI=1S/C22H33NO3/c1-5-6-7-10-16-14-18(23)17-11-13-22(4,12-8-9-15(2)3)26-20(17)19(16)21(24)25/h9,11,13-14,21,24-25H,5-8,10,12,23H2,1-4H3. The first-order valence-electron chi connectivity index (χ1n) is 9.60. The maximum Gasteiger partial charge on any atom is 0.182 e. The molecule has 0 aliphatic carbocycles. The number of unbranched alkanes of at least 4 members (excludes halogenated alkanes) is 2. The Kier molecular flexibility index (Phi) is 6.90. The van der Waals surface area contributed by atoms with Crippen LogP contribution in [0.4, 0.5) is 5.69 Å². The molecule has 26 heavy (non-hydrogen) atoms. The highest BCUT2D eigenvalue weighted by molar-refractivity contribution is 5.76. The Morgan fingerprint density at radius 1 is 1.31 bits per heavy atom. The van der Waals surface area contributed by atoms with Crippen LogP contribution in [0.3, 0.4) is 0 Å². The van der Waals surface area contributed by atoms with Crippen LogP contribution in [0.2, 0.25) is 0 Å². The van der Waals surface area contributed by atoms with Gasteiger partial charge in [0.25, 0.3) is 0 Å². The van der Waals surface area contributed by atoms with E-state index in [1.165, 1.54) is 5.57 Å². The first-order valence-corrected chi connectivity index (χ1v) is 9.60. The topological polar surface area (TPSA) is 75.7 Å². The van der Waals surface area contributed by atoms with Crippen molar-refractivity contribution >= 4 is 11.8 Å². The summed E-state index contributed by atoms with van der Waals surface area (Å²) in [6.07, 6.45) is 10.3. The zero-order valence-corrected chi connectivity index (χ0v) is 16.5. The molecular weight excluding hydrogens is 326 g/mol. The zero-order chi connectivity index (χ0) is 19.3. The van der Waals surface area contributed by atoms with Gasteiger partial charge in [0, 0.05) is 11.3 Å². The fourth-order valence-electron chi connectivity index (χ4n) is 3.41. The van der Waals surface area contributed by atoms with Crippen molar-refractivity contribution < 1.29 is 14.9 Å². The minimum atomic E-state index is -1.57. The summed E-state index contributed by atoms with van der Waals surface area (Å²) in [6, 6.07) is 1.86.